The quantitative estimate of drug-likeness (QED) is 0.530. The number of rotatable bonds is 8. The number of unbranched alkanes of at least 4 members (excludes halogenated alkanes) is 2. The Morgan fingerprint density at radius 2 is 1.89 bits per heavy atom. The molecule has 0 aromatic heterocycles. The molecule has 0 bridgehead atoms. The largest absolute Gasteiger partial charge is 0.456 e. The van der Waals surface area contributed by atoms with Gasteiger partial charge in [0.15, 0.2) is 0 Å². The van der Waals surface area contributed by atoms with E-state index in [0.29, 0.717) is 12.2 Å². The van der Waals surface area contributed by atoms with Crippen LogP contribution in [-0.2, 0) is 9.47 Å². The summed E-state index contributed by atoms with van der Waals surface area (Å²) in [4.78, 5) is 12.0. The van der Waals surface area contributed by atoms with Crippen molar-refractivity contribution in [3.8, 4) is 0 Å². The summed E-state index contributed by atoms with van der Waals surface area (Å²) in [7, 11) is 1.63. The molecule has 3 nitrogen and oxygen atoms in total. The monoisotopic (exact) mass is 264 g/mol. The van der Waals surface area contributed by atoms with Crippen molar-refractivity contribution in [1.29, 1.82) is 0 Å². The lowest BCUT2D eigenvalue weighted by Crippen LogP contribution is -2.23. The molecule has 0 aliphatic carbocycles. The summed E-state index contributed by atoms with van der Waals surface area (Å²) in [5.41, 5.74) is 1.73. The first-order valence-electron chi connectivity index (χ1n) is 6.94. The average Bonchev–Trinajstić information content (AvgIpc) is 2.40. The van der Waals surface area contributed by atoms with Gasteiger partial charge >= 0.3 is 5.97 Å². The first kappa shape index (κ1) is 15.7. The Hall–Kier alpha value is -1.35. The number of esters is 1. The lowest BCUT2D eigenvalue weighted by molar-refractivity contribution is 0.00241. The molecule has 1 aromatic carbocycles. The first-order chi connectivity index (χ1) is 9.17. The van der Waals surface area contributed by atoms with Gasteiger partial charge in [-0.25, -0.2) is 4.79 Å². The summed E-state index contributed by atoms with van der Waals surface area (Å²) < 4.78 is 10.6. The van der Waals surface area contributed by atoms with Crippen LogP contribution in [0.4, 0.5) is 0 Å². The van der Waals surface area contributed by atoms with E-state index in [0.717, 1.165) is 31.2 Å². The van der Waals surface area contributed by atoms with Gasteiger partial charge in [0, 0.05) is 7.11 Å². The topological polar surface area (TPSA) is 35.5 Å². The highest BCUT2D eigenvalue weighted by Gasteiger charge is 2.15. The number of ether oxygens (including phenoxy) is 2. The minimum atomic E-state index is -0.265. The number of carbonyl (C=O) groups excluding carboxylic acids is 1. The van der Waals surface area contributed by atoms with Gasteiger partial charge in [0.2, 0.25) is 0 Å². The van der Waals surface area contributed by atoms with E-state index in [-0.39, 0.29) is 12.1 Å². The zero-order chi connectivity index (χ0) is 14.1. The van der Waals surface area contributed by atoms with Crippen molar-refractivity contribution in [2.24, 2.45) is 0 Å². The third-order valence-corrected chi connectivity index (χ3v) is 3.04. The molecule has 0 saturated heterocycles. The molecule has 0 radical (unpaired) electrons. The van der Waals surface area contributed by atoms with E-state index in [1.54, 1.807) is 19.2 Å². The number of hydrogen-bond acceptors (Lipinski definition) is 3. The van der Waals surface area contributed by atoms with Crippen LogP contribution in [-0.4, -0.2) is 25.8 Å². The Balaban J connectivity index is 2.52. The fourth-order valence-corrected chi connectivity index (χ4v) is 1.89. The molecular weight excluding hydrogens is 240 g/mol. The van der Waals surface area contributed by atoms with Crippen LogP contribution in [0.3, 0.4) is 0 Å². The molecule has 0 spiro atoms. The zero-order valence-electron chi connectivity index (χ0n) is 12.1. The van der Waals surface area contributed by atoms with E-state index in [9.17, 15) is 4.79 Å². The maximum Gasteiger partial charge on any atom is 0.338 e. The Kier molecular flexibility index (Phi) is 7.19. The van der Waals surface area contributed by atoms with Crippen molar-refractivity contribution < 1.29 is 14.3 Å². The predicted molar refractivity (Wildman–Crippen MR) is 76.4 cm³/mol. The molecule has 1 rings (SSSR count). The highest BCUT2D eigenvalue weighted by Crippen LogP contribution is 2.11. The fraction of sp³-hybridized carbons (Fsp3) is 0.562. The Morgan fingerprint density at radius 3 is 2.47 bits per heavy atom. The van der Waals surface area contributed by atoms with Gasteiger partial charge in [-0.1, -0.05) is 37.5 Å². The van der Waals surface area contributed by atoms with Crippen LogP contribution in [0.25, 0.3) is 0 Å². The van der Waals surface area contributed by atoms with Gasteiger partial charge in [0.05, 0.1) is 12.2 Å². The van der Waals surface area contributed by atoms with Gasteiger partial charge in [-0.2, -0.15) is 0 Å². The summed E-state index contributed by atoms with van der Waals surface area (Å²) >= 11 is 0. The van der Waals surface area contributed by atoms with Crippen LogP contribution >= 0.6 is 0 Å². The second-order valence-electron chi connectivity index (χ2n) is 4.84. The van der Waals surface area contributed by atoms with Crippen molar-refractivity contribution in [2.45, 2.75) is 45.6 Å². The van der Waals surface area contributed by atoms with Crippen LogP contribution in [0, 0.1) is 6.92 Å². The average molecular weight is 264 g/mol. The molecule has 0 saturated carbocycles. The van der Waals surface area contributed by atoms with Gasteiger partial charge < -0.3 is 9.47 Å². The molecule has 0 aliphatic heterocycles. The van der Waals surface area contributed by atoms with Crippen LogP contribution in [0.2, 0.25) is 0 Å². The standard InChI is InChI=1S/C16H24O3/c1-4-5-6-7-15(12-18-3)19-16(17)14-10-8-13(2)9-11-14/h8-11,15H,4-7,12H2,1-3H3. The van der Waals surface area contributed by atoms with Crippen LogP contribution in [0.5, 0.6) is 0 Å². The maximum atomic E-state index is 12.0. The molecule has 1 atom stereocenters. The fourth-order valence-electron chi connectivity index (χ4n) is 1.89. The van der Waals surface area contributed by atoms with Gasteiger partial charge in [-0.3, -0.25) is 0 Å². The number of carbonyl (C=O) groups is 1. The van der Waals surface area contributed by atoms with Crippen molar-refractivity contribution in [1.82, 2.24) is 0 Å². The van der Waals surface area contributed by atoms with E-state index in [1.165, 1.54) is 0 Å². The summed E-state index contributed by atoms with van der Waals surface area (Å²) in [6.07, 6.45) is 4.09. The van der Waals surface area contributed by atoms with E-state index < -0.39 is 0 Å². The molecule has 106 valence electrons. The van der Waals surface area contributed by atoms with E-state index in [2.05, 4.69) is 6.92 Å². The van der Waals surface area contributed by atoms with E-state index in [1.807, 2.05) is 19.1 Å². The SMILES string of the molecule is CCCCCC(COC)OC(=O)c1ccc(C)cc1. The Bertz CT molecular complexity index is 370. The highest BCUT2D eigenvalue weighted by atomic mass is 16.6. The lowest BCUT2D eigenvalue weighted by atomic mass is 10.1. The van der Waals surface area contributed by atoms with Gasteiger partial charge in [-0.15, -0.1) is 0 Å². The first-order valence-corrected chi connectivity index (χ1v) is 6.94. The third kappa shape index (κ3) is 5.88. The summed E-state index contributed by atoms with van der Waals surface area (Å²) in [5.74, 6) is -0.265. The van der Waals surface area contributed by atoms with Crippen LogP contribution in [0.1, 0.15) is 48.5 Å². The third-order valence-electron chi connectivity index (χ3n) is 3.04. The second kappa shape index (κ2) is 8.70. The molecule has 0 N–H and O–H groups in total. The molecule has 1 unspecified atom stereocenters. The molecule has 0 amide bonds. The van der Waals surface area contributed by atoms with Gasteiger partial charge in [0.1, 0.15) is 6.10 Å². The van der Waals surface area contributed by atoms with Crippen molar-refractivity contribution in [3.63, 3.8) is 0 Å². The maximum absolute atomic E-state index is 12.0. The van der Waals surface area contributed by atoms with E-state index in [4.69, 9.17) is 9.47 Å². The smallest absolute Gasteiger partial charge is 0.338 e. The number of aryl methyl sites for hydroxylation is 1. The van der Waals surface area contributed by atoms with Gasteiger partial charge in [-0.05, 0) is 31.9 Å². The van der Waals surface area contributed by atoms with Crippen molar-refractivity contribution in [3.05, 3.63) is 35.4 Å². The van der Waals surface area contributed by atoms with E-state index >= 15 is 0 Å². The molecule has 3 heteroatoms. The molecule has 1 aromatic rings. The minimum Gasteiger partial charge on any atom is -0.456 e. The van der Waals surface area contributed by atoms with Gasteiger partial charge in [0.25, 0.3) is 0 Å². The second-order valence-corrected chi connectivity index (χ2v) is 4.84. The highest BCUT2D eigenvalue weighted by molar-refractivity contribution is 5.89. The number of methoxy groups -OCH3 is 1. The Morgan fingerprint density at radius 1 is 1.21 bits per heavy atom. The van der Waals surface area contributed by atoms with Crippen LogP contribution in [0.15, 0.2) is 24.3 Å². The minimum absolute atomic E-state index is 0.148. The summed E-state index contributed by atoms with van der Waals surface area (Å²) in [6.45, 7) is 4.61. The molecule has 0 aliphatic rings. The molecule has 0 heterocycles. The number of hydrogen-bond donors (Lipinski definition) is 0. The lowest BCUT2D eigenvalue weighted by Gasteiger charge is -2.17. The summed E-state index contributed by atoms with van der Waals surface area (Å²) in [6, 6.07) is 7.43. The normalized spacial score (nSPS) is 12.2. The van der Waals surface area contributed by atoms with Crippen LogP contribution < -0.4 is 0 Å². The zero-order valence-corrected chi connectivity index (χ0v) is 12.1. The molecule has 19 heavy (non-hydrogen) atoms. The van der Waals surface area contributed by atoms with Crippen molar-refractivity contribution in [2.75, 3.05) is 13.7 Å². The summed E-state index contributed by atoms with van der Waals surface area (Å²) in [5, 5.41) is 0. The molecule has 0 fully saturated rings. The Labute approximate surface area is 115 Å². The van der Waals surface area contributed by atoms with Crippen molar-refractivity contribution >= 4 is 5.97 Å². The molecular formula is C16H24O3. The number of benzene rings is 1. The predicted octanol–water partition coefficient (Wildman–Crippen LogP) is 3.75.